The van der Waals surface area contributed by atoms with Gasteiger partial charge in [-0.15, -0.1) is 0 Å². The zero-order valence-corrected chi connectivity index (χ0v) is 22.3. The molecule has 2 bridgehead atoms. The fourth-order valence-corrected chi connectivity index (χ4v) is 5.61. The number of carbonyl (C=O) groups excluding carboxylic acids is 2. The highest BCUT2D eigenvalue weighted by molar-refractivity contribution is 6.14. The van der Waals surface area contributed by atoms with Crippen LogP contribution in [0.4, 0.5) is 0 Å². The Morgan fingerprint density at radius 3 is 1.47 bits per heavy atom. The highest BCUT2D eigenvalue weighted by Crippen LogP contribution is 2.54. The molecule has 0 fully saturated rings. The number of fused-ring (bicyclic) bond motifs is 2. The van der Waals surface area contributed by atoms with Crippen molar-refractivity contribution >= 4 is 22.7 Å². The molecule has 3 aromatic rings. The van der Waals surface area contributed by atoms with Crippen molar-refractivity contribution in [1.82, 2.24) is 0 Å². The number of ether oxygens (including phenoxy) is 2. The predicted molar refractivity (Wildman–Crippen MR) is 145 cm³/mol. The van der Waals surface area contributed by atoms with Gasteiger partial charge in [-0.05, 0) is 34.7 Å². The molecule has 38 heavy (non-hydrogen) atoms. The van der Waals surface area contributed by atoms with E-state index < -0.39 is 24.1 Å². The van der Waals surface area contributed by atoms with Crippen LogP contribution in [0.2, 0.25) is 0 Å². The quantitative estimate of drug-likeness (QED) is 0.139. The van der Waals surface area contributed by atoms with Crippen molar-refractivity contribution in [1.29, 1.82) is 0 Å². The second-order valence-corrected chi connectivity index (χ2v) is 10.1. The number of benzene rings is 3. The third kappa shape index (κ3) is 4.95. The van der Waals surface area contributed by atoms with Gasteiger partial charge in [-0.25, -0.2) is 19.4 Å². The maximum absolute atomic E-state index is 13.7. The lowest BCUT2D eigenvalue weighted by Gasteiger charge is -2.40. The van der Waals surface area contributed by atoms with Gasteiger partial charge in [-0.2, -0.15) is 0 Å². The van der Waals surface area contributed by atoms with E-state index in [-0.39, 0.29) is 0 Å². The van der Waals surface area contributed by atoms with Gasteiger partial charge in [0.2, 0.25) is 0 Å². The molecule has 2 atom stereocenters. The average molecular weight is 517 g/mol. The molecule has 2 unspecified atom stereocenters. The van der Waals surface area contributed by atoms with Gasteiger partial charge in [-0.1, -0.05) is 101 Å². The van der Waals surface area contributed by atoms with Crippen LogP contribution < -0.4 is 0 Å². The standard InChI is InChI=1S/C32H36O6/c1-3-5-7-13-19-35-31(33)25-21-15-9-10-16-22(21)26(32(34)36-20-14-8-6-4-2)28-27(25)29-23-17-11-12-18-24(23)30(28)38-37-29/h9-12,15-18,29-30H,3-8,13-14,19-20H2,1-2H3. The van der Waals surface area contributed by atoms with Gasteiger partial charge in [-0.3, -0.25) is 0 Å². The highest BCUT2D eigenvalue weighted by atomic mass is 17.2. The molecule has 2 heterocycles. The maximum atomic E-state index is 13.7. The number of hydrogen-bond acceptors (Lipinski definition) is 6. The number of rotatable bonds is 12. The molecule has 6 nitrogen and oxygen atoms in total. The second kappa shape index (κ2) is 12.1. The summed E-state index contributed by atoms with van der Waals surface area (Å²) in [5.41, 5.74) is 4.05. The van der Waals surface area contributed by atoms with Crippen molar-refractivity contribution in [3.63, 3.8) is 0 Å². The summed E-state index contributed by atoms with van der Waals surface area (Å²) in [6.45, 7) is 5.01. The van der Waals surface area contributed by atoms with Crippen LogP contribution in [-0.2, 0) is 19.2 Å². The lowest BCUT2D eigenvalue weighted by molar-refractivity contribution is -0.360. The summed E-state index contributed by atoms with van der Waals surface area (Å²) >= 11 is 0. The molecule has 0 spiro atoms. The Kier molecular flexibility index (Phi) is 8.40. The van der Waals surface area contributed by atoms with Gasteiger partial charge in [0, 0.05) is 11.1 Å². The molecule has 6 rings (SSSR count). The Morgan fingerprint density at radius 2 is 1.05 bits per heavy atom. The summed E-state index contributed by atoms with van der Waals surface area (Å²) in [6.07, 6.45) is 6.82. The molecule has 2 aliphatic heterocycles. The first-order valence-electron chi connectivity index (χ1n) is 14.0. The zero-order chi connectivity index (χ0) is 26.5. The lowest BCUT2D eigenvalue weighted by atomic mass is 9.75. The van der Waals surface area contributed by atoms with Crippen molar-refractivity contribution in [3.05, 3.63) is 81.9 Å². The van der Waals surface area contributed by atoms with E-state index in [1.54, 1.807) is 0 Å². The van der Waals surface area contributed by atoms with E-state index in [2.05, 4.69) is 13.8 Å². The summed E-state index contributed by atoms with van der Waals surface area (Å²) < 4.78 is 11.6. The summed E-state index contributed by atoms with van der Waals surface area (Å²) in [5.74, 6) is -0.802. The molecule has 0 saturated carbocycles. The van der Waals surface area contributed by atoms with Crippen LogP contribution >= 0.6 is 0 Å². The third-order valence-corrected chi connectivity index (χ3v) is 7.50. The molecule has 0 N–H and O–H groups in total. The fraction of sp³-hybridized carbons (Fsp3) is 0.438. The zero-order valence-electron chi connectivity index (χ0n) is 22.3. The normalized spacial score (nSPS) is 17.2. The molecule has 0 radical (unpaired) electrons. The van der Waals surface area contributed by atoms with Crippen LogP contribution in [0.25, 0.3) is 10.8 Å². The van der Waals surface area contributed by atoms with Crippen molar-refractivity contribution in [3.8, 4) is 0 Å². The van der Waals surface area contributed by atoms with E-state index >= 15 is 0 Å². The van der Waals surface area contributed by atoms with E-state index in [0.29, 0.717) is 46.2 Å². The van der Waals surface area contributed by atoms with E-state index in [0.717, 1.165) is 62.5 Å². The molecular formula is C32H36O6. The van der Waals surface area contributed by atoms with E-state index in [4.69, 9.17) is 19.2 Å². The minimum atomic E-state index is -0.644. The Hall–Kier alpha value is -3.22. The first-order valence-corrected chi connectivity index (χ1v) is 14.0. The highest BCUT2D eigenvalue weighted by Gasteiger charge is 2.46. The Morgan fingerprint density at radius 1 is 0.632 bits per heavy atom. The molecular weight excluding hydrogens is 480 g/mol. The van der Waals surface area contributed by atoms with Crippen molar-refractivity contribution in [2.24, 2.45) is 0 Å². The van der Waals surface area contributed by atoms with Crippen LogP contribution in [0.15, 0.2) is 48.5 Å². The molecule has 3 aromatic carbocycles. The summed E-state index contributed by atoms with van der Waals surface area (Å²) in [5, 5.41) is 1.33. The number of esters is 2. The Labute approximate surface area is 224 Å². The molecule has 3 aliphatic rings. The van der Waals surface area contributed by atoms with E-state index in [1.807, 2.05) is 48.5 Å². The monoisotopic (exact) mass is 516 g/mol. The molecule has 0 aromatic heterocycles. The van der Waals surface area contributed by atoms with E-state index in [9.17, 15) is 9.59 Å². The van der Waals surface area contributed by atoms with Gasteiger partial charge in [0.05, 0.1) is 24.3 Å². The topological polar surface area (TPSA) is 71.1 Å². The summed E-state index contributed by atoms with van der Waals surface area (Å²) in [7, 11) is 0. The first-order chi connectivity index (χ1) is 18.7. The van der Waals surface area contributed by atoms with Crippen LogP contribution in [-0.4, -0.2) is 25.2 Å². The maximum Gasteiger partial charge on any atom is 0.339 e. The molecule has 6 heteroatoms. The number of hydrogen-bond donors (Lipinski definition) is 0. The third-order valence-electron chi connectivity index (χ3n) is 7.50. The van der Waals surface area contributed by atoms with Crippen LogP contribution in [0.1, 0.15) is 120 Å². The largest absolute Gasteiger partial charge is 0.462 e. The number of unbranched alkanes of at least 4 members (excludes halogenated alkanes) is 6. The smallest absolute Gasteiger partial charge is 0.339 e. The van der Waals surface area contributed by atoms with Gasteiger partial charge in [0.1, 0.15) is 12.2 Å². The van der Waals surface area contributed by atoms with Gasteiger partial charge in [0.25, 0.3) is 0 Å². The molecule has 1 aliphatic carbocycles. The average Bonchev–Trinajstić information content (AvgIpc) is 2.95. The molecule has 0 amide bonds. The van der Waals surface area contributed by atoms with Crippen molar-refractivity contribution in [2.45, 2.75) is 77.4 Å². The SMILES string of the molecule is CCCCCCOC(=O)c1c2c(c(C(=O)OCCCCCC)c3ccccc13)C1OOC2c2ccccc21. The van der Waals surface area contributed by atoms with Crippen LogP contribution in [0.3, 0.4) is 0 Å². The number of carbonyl (C=O) groups is 2. The van der Waals surface area contributed by atoms with Crippen molar-refractivity contribution < 1.29 is 28.8 Å². The van der Waals surface area contributed by atoms with Gasteiger partial charge in [0.15, 0.2) is 0 Å². The minimum Gasteiger partial charge on any atom is -0.462 e. The van der Waals surface area contributed by atoms with E-state index in [1.165, 1.54) is 0 Å². The molecule has 200 valence electrons. The molecule has 0 saturated heterocycles. The van der Waals surface area contributed by atoms with Gasteiger partial charge >= 0.3 is 11.9 Å². The van der Waals surface area contributed by atoms with Crippen LogP contribution in [0.5, 0.6) is 0 Å². The summed E-state index contributed by atoms with van der Waals surface area (Å²) in [6, 6.07) is 15.4. The first kappa shape index (κ1) is 26.4. The summed E-state index contributed by atoms with van der Waals surface area (Å²) in [4.78, 5) is 39.0. The predicted octanol–water partition coefficient (Wildman–Crippen LogP) is 7.77. The minimum absolute atomic E-state index is 0.353. The Bertz CT molecular complexity index is 1210. The van der Waals surface area contributed by atoms with Gasteiger partial charge < -0.3 is 9.47 Å². The Balaban J connectivity index is 1.61. The van der Waals surface area contributed by atoms with Crippen LogP contribution in [0, 0.1) is 0 Å². The van der Waals surface area contributed by atoms with Crippen molar-refractivity contribution in [2.75, 3.05) is 13.2 Å². The lowest BCUT2D eigenvalue weighted by Crippen LogP contribution is -2.33. The fourth-order valence-electron chi connectivity index (χ4n) is 5.61. The second-order valence-electron chi connectivity index (χ2n) is 10.1.